The number of morpholine rings is 1. The van der Waals surface area contributed by atoms with Crippen molar-refractivity contribution >= 4 is 27.5 Å². The Labute approximate surface area is 197 Å². The summed E-state index contributed by atoms with van der Waals surface area (Å²) in [6.07, 6.45) is 0.413. The molecule has 3 heterocycles. The molecule has 33 heavy (non-hydrogen) atoms. The molecule has 180 valence electrons. The number of halogens is 1. The number of amides is 1. The van der Waals surface area contributed by atoms with Crippen LogP contribution in [0.5, 0.6) is 0 Å². The van der Waals surface area contributed by atoms with E-state index in [-0.39, 0.29) is 29.0 Å². The van der Waals surface area contributed by atoms with E-state index in [1.807, 2.05) is 4.57 Å². The number of benzene rings is 1. The van der Waals surface area contributed by atoms with Gasteiger partial charge in [0.1, 0.15) is 5.82 Å². The van der Waals surface area contributed by atoms with Crippen LogP contribution in [0.3, 0.4) is 0 Å². The van der Waals surface area contributed by atoms with Gasteiger partial charge in [-0.1, -0.05) is 11.8 Å². The number of sulfone groups is 1. The third-order valence-corrected chi connectivity index (χ3v) is 8.71. The number of nitrogens with zero attached hydrogens (tertiary/aromatic N) is 4. The van der Waals surface area contributed by atoms with E-state index >= 15 is 0 Å². The lowest BCUT2D eigenvalue weighted by molar-refractivity contribution is -0.120. The summed E-state index contributed by atoms with van der Waals surface area (Å²) in [7, 11) is -3.11. The van der Waals surface area contributed by atoms with Gasteiger partial charge in [0.25, 0.3) is 0 Å². The van der Waals surface area contributed by atoms with Crippen LogP contribution in [0.2, 0.25) is 0 Å². The standard InChI is InChI=1S/C21H28FN5O4S2/c1-21(6-13-33(29,30)15-21)23-18(28)14-32-20-25-24-19(16-2-4-17(22)5-3-16)27(20)8-7-26-9-11-31-12-10-26/h2-5H,6-15H2,1H3,(H,23,28). The molecule has 1 aromatic carbocycles. The third kappa shape index (κ3) is 6.31. The van der Waals surface area contributed by atoms with Crippen LogP contribution < -0.4 is 5.32 Å². The molecule has 0 spiro atoms. The van der Waals surface area contributed by atoms with Crippen LogP contribution in [0.4, 0.5) is 4.39 Å². The largest absolute Gasteiger partial charge is 0.379 e. The number of rotatable bonds is 8. The zero-order chi connectivity index (χ0) is 23.5. The molecule has 1 atom stereocenters. The second-order valence-electron chi connectivity index (χ2n) is 8.66. The zero-order valence-electron chi connectivity index (χ0n) is 18.5. The van der Waals surface area contributed by atoms with E-state index in [1.165, 1.54) is 23.9 Å². The first-order valence-corrected chi connectivity index (χ1v) is 13.7. The molecule has 0 aliphatic carbocycles. The second-order valence-corrected chi connectivity index (χ2v) is 11.8. The lowest BCUT2D eigenvalue weighted by Gasteiger charge is -2.27. The fraction of sp³-hybridized carbons (Fsp3) is 0.571. The van der Waals surface area contributed by atoms with Crippen molar-refractivity contribution in [3.63, 3.8) is 0 Å². The Morgan fingerprint density at radius 3 is 2.61 bits per heavy atom. The van der Waals surface area contributed by atoms with E-state index in [1.54, 1.807) is 19.1 Å². The summed E-state index contributed by atoms with van der Waals surface area (Å²) in [5.41, 5.74) is 0.00518. The Morgan fingerprint density at radius 1 is 1.21 bits per heavy atom. The molecule has 12 heteroatoms. The van der Waals surface area contributed by atoms with E-state index < -0.39 is 15.4 Å². The predicted molar refractivity (Wildman–Crippen MR) is 123 cm³/mol. The van der Waals surface area contributed by atoms with E-state index in [0.717, 1.165) is 25.2 Å². The van der Waals surface area contributed by atoms with Crippen molar-refractivity contribution < 1.29 is 22.3 Å². The summed E-state index contributed by atoms with van der Waals surface area (Å²) >= 11 is 1.25. The number of ether oxygens (including phenoxy) is 1. The molecular formula is C21H28FN5O4S2. The molecular weight excluding hydrogens is 469 g/mol. The lowest BCUT2D eigenvalue weighted by Crippen LogP contribution is -2.47. The van der Waals surface area contributed by atoms with Crippen molar-refractivity contribution in [1.29, 1.82) is 0 Å². The number of hydrogen-bond acceptors (Lipinski definition) is 8. The Balaban J connectivity index is 1.45. The molecule has 2 fully saturated rings. The van der Waals surface area contributed by atoms with Gasteiger partial charge in [-0.2, -0.15) is 0 Å². The van der Waals surface area contributed by atoms with Gasteiger partial charge in [0, 0.05) is 31.7 Å². The van der Waals surface area contributed by atoms with Crippen LogP contribution in [0, 0.1) is 5.82 Å². The minimum atomic E-state index is -3.11. The van der Waals surface area contributed by atoms with Gasteiger partial charge >= 0.3 is 0 Å². The normalized spacial score (nSPS) is 23.0. The SMILES string of the molecule is CC1(NC(=O)CSc2nnc(-c3ccc(F)cc3)n2CCN2CCOCC2)CCS(=O)(=O)C1. The Hall–Kier alpha value is -2.02. The van der Waals surface area contributed by atoms with Crippen LogP contribution >= 0.6 is 11.8 Å². The number of aromatic nitrogens is 3. The molecule has 1 unspecified atom stereocenters. The minimum Gasteiger partial charge on any atom is -0.379 e. The molecule has 2 aromatic rings. The summed E-state index contributed by atoms with van der Waals surface area (Å²) in [6, 6.07) is 6.08. The Bertz CT molecular complexity index is 1090. The molecule has 1 N–H and O–H groups in total. The average Bonchev–Trinajstić information content (AvgIpc) is 3.31. The van der Waals surface area contributed by atoms with E-state index in [4.69, 9.17) is 4.74 Å². The second kappa shape index (κ2) is 10.1. The first-order chi connectivity index (χ1) is 15.7. The molecule has 2 aliphatic heterocycles. The van der Waals surface area contributed by atoms with Crippen molar-refractivity contribution in [2.24, 2.45) is 0 Å². The summed E-state index contributed by atoms with van der Waals surface area (Å²) in [4.78, 5) is 14.9. The van der Waals surface area contributed by atoms with E-state index in [2.05, 4.69) is 20.4 Å². The van der Waals surface area contributed by atoms with Gasteiger partial charge < -0.3 is 14.6 Å². The maximum absolute atomic E-state index is 13.4. The lowest BCUT2D eigenvalue weighted by atomic mass is 10.0. The number of carbonyl (C=O) groups is 1. The number of thioether (sulfide) groups is 1. The molecule has 9 nitrogen and oxygen atoms in total. The van der Waals surface area contributed by atoms with Gasteiger partial charge in [-0.05, 0) is 37.6 Å². The molecule has 0 saturated carbocycles. The summed E-state index contributed by atoms with van der Waals surface area (Å²) < 4.78 is 44.4. The molecule has 2 aliphatic rings. The fourth-order valence-corrected chi connectivity index (χ4v) is 6.95. The Morgan fingerprint density at radius 2 is 1.94 bits per heavy atom. The average molecular weight is 498 g/mol. The van der Waals surface area contributed by atoms with Crippen molar-refractivity contribution in [3.05, 3.63) is 30.1 Å². The van der Waals surface area contributed by atoms with Crippen molar-refractivity contribution in [2.45, 2.75) is 30.6 Å². The number of hydrogen-bond donors (Lipinski definition) is 1. The summed E-state index contributed by atoms with van der Waals surface area (Å²) in [6.45, 7) is 6.23. The first kappa shape index (κ1) is 24.1. The monoisotopic (exact) mass is 497 g/mol. The van der Waals surface area contributed by atoms with Crippen molar-refractivity contribution in [3.8, 4) is 11.4 Å². The highest BCUT2D eigenvalue weighted by Crippen LogP contribution is 2.26. The quantitative estimate of drug-likeness (QED) is 0.543. The van der Waals surface area contributed by atoms with Gasteiger partial charge in [0.15, 0.2) is 20.8 Å². The van der Waals surface area contributed by atoms with Gasteiger partial charge in [-0.3, -0.25) is 9.69 Å². The molecule has 4 rings (SSSR count). The van der Waals surface area contributed by atoms with Crippen LogP contribution in [0.25, 0.3) is 11.4 Å². The van der Waals surface area contributed by atoms with Crippen molar-refractivity contribution in [2.75, 3.05) is 50.1 Å². The number of nitrogens with one attached hydrogen (secondary N) is 1. The fourth-order valence-electron chi connectivity index (χ4n) is 4.09. The summed E-state index contributed by atoms with van der Waals surface area (Å²) in [5, 5.41) is 12.0. The van der Waals surface area contributed by atoms with Gasteiger partial charge in [-0.15, -0.1) is 10.2 Å². The molecule has 2 saturated heterocycles. The van der Waals surface area contributed by atoms with Crippen LogP contribution in [0.15, 0.2) is 29.4 Å². The highest BCUT2D eigenvalue weighted by atomic mass is 32.2. The first-order valence-electron chi connectivity index (χ1n) is 10.9. The molecule has 1 aromatic heterocycles. The Kier molecular flexibility index (Phi) is 7.37. The van der Waals surface area contributed by atoms with Crippen LogP contribution in [0.1, 0.15) is 13.3 Å². The predicted octanol–water partition coefficient (Wildman–Crippen LogP) is 1.20. The number of carbonyl (C=O) groups excluding carboxylic acids is 1. The maximum atomic E-state index is 13.4. The van der Waals surface area contributed by atoms with Crippen molar-refractivity contribution in [1.82, 2.24) is 25.0 Å². The molecule has 0 radical (unpaired) electrons. The summed E-state index contributed by atoms with van der Waals surface area (Å²) in [5.74, 6) is 0.182. The van der Waals surface area contributed by atoms with E-state index in [9.17, 15) is 17.6 Å². The van der Waals surface area contributed by atoms with Gasteiger partial charge in [-0.25, -0.2) is 12.8 Å². The molecule has 0 bridgehead atoms. The van der Waals surface area contributed by atoms with E-state index in [0.29, 0.717) is 37.2 Å². The topological polar surface area (TPSA) is 106 Å². The smallest absolute Gasteiger partial charge is 0.230 e. The minimum absolute atomic E-state index is 0.0408. The highest BCUT2D eigenvalue weighted by Gasteiger charge is 2.39. The maximum Gasteiger partial charge on any atom is 0.230 e. The molecule has 1 amide bonds. The van der Waals surface area contributed by atoms with Gasteiger partial charge in [0.2, 0.25) is 5.91 Å². The zero-order valence-corrected chi connectivity index (χ0v) is 20.1. The van der Waals surface area contributed by atoms with Crippen LogP contribution in [-0.4, -0.2) is 89.6 Å². The highest BCUT2D eigenvalue weighted by molar-refractivity contribution is 7.99. The third-order valence-electron chi connectivity index (χ3n) is 5.84. The van der Waals surface area contributed by atoms with Gasteiger partial charge in [0.05, 0.1) is 36.0 Å². The van der Waals surface area contributed by atoms with Crippen LogP contribution in [-0.2, 0) is 25.9 Å².